The number of anilines is 1. The van der Waals surface area contributed by atoms with E-state index < -0.39 is 27.7 Å². The maximum absolute atomic E-state index is 12.6. The molecule has 0 saturated carbocycles. The highest BCUT2D eigenvalue weighted by Gasteiger charge is 2.31. The first kappa shape index (κ1) is 22.9. The fourth-order valence-corrected chi connectivity index (χ4v) is 3.31. The van der Waals surface area contributed by atoms with Crippen LogP contribution in [-0.2, 0) is 16.2 Å². The molecule has 1 aromatic heterocycles. The largest absolute Gasteiger partial charge is 0.417 e. The minimum Gasteiger partial charge on any atom is -0.367 e. The number of hydrogen-bond donors (Lipinski definition) is 2. The summed E-state index contributed by atoms with van der Waals surface area (Å²) in [6.07, 6.45) is -3.87. The summed E-state index contributed by atoms with van der Waals surface area (Å²) in [4.78, 5) is 15.8. The summed E-state index contributed by atoms with van der Waals surface area (Å²) in [7, 11) is -0.779. The van der Waals surface area contributed by atoms with Gasteiger partial charge in [0.05, 0.1) is 15.5 Å². The number of nitrogens with zero attached hydrogens (tertiary/aromatic N) is 2. The molecule has 0 spiro atoms. The highest BCUT2D eigenvalue weighted by atomic mass is 35.5. The Kier molecular flexibility index (Phi) is 7.09. The minimum atomic E-state index is -4.54. The van der Waals surface area contributed by atoms with Gasteiger partial charge in [0.15, 0.2) is 0 Å². The molecule has 0 fully saturated rings. The Morgan fingerprint density at radius 1 is 1.17 bits per heavy atom. The summed E-state index contributed by atoms with van der Waals surface area (Å²) in [5.74, 6) is -0.376. The van der Waals surface area contributed by atoms with E-state index >= 15 is 0 Å². The minimum absolute atomic E-state index is 0.0590. The second-order valence-electron chi connectivity index (χ2n) is 6.05. The number of halogens is 4. The monoisotopic (exact) mass is 450 g/mol. The number of nitrogens with one attached hydrogen (secondary N) is 2. The van der Waals surface area contributed by atoms with Crippen molar-refractivity contribution in [2.45, 2.75) is 11.1 Å². The average Bonchev–Trinajstić information content (AvgIpc) is 2.65. The van der Waals surface area contributed by atoms with E-state index in [2.05, 4.69) is 15.6 Å². The maximum Gasteiger partial charge on any atom is 0.417 e. The van der Waals surface area contributed by atoms with Crippen molar-refractivity contribution < 1.29 is 26.4 Å². The van der Waals surface area contributed by atoms with Crippen LogP contribution in [-0.4, -0.2) is 50.8 Å². The molecule has 0 radical (unpaired) electrons. The topological polar surface area (TPSA) is 91.4 Å². The van der Waals surface area contributed by atoms with Crippen LogP contribution in [0.25, 0.3) is 0 Å². The third-order valence-electron chi connectivity index (χ3n) is 3.77. The number of rotatable bonds is 7. The van der Waals surface area contributed by atoms with E-state index in [0.29, 0.717) is 6.20 Å². The van der Waals surface area contributed by atoms with Crippen LogP contribution in [0.2, 0.25) is 5.02 Å². The van der Waals surface area contributed by atoms with Crippen molar-refractivity contribution in [2.75, 3.05) is 32.5 Å². The molecule has 0 aliphatic carbocycles. The van der Waals surface area contributed by atoms with Gasteiger partial charge >= 0.3 is 6.18 Å². The molecule has 1 amide bonds. The molecule has 2 N–H and O–H groups in total. The summed E-state index contributed by atoms with van der Waals surface area (Å²) >= 11 is 5.78. The zero-order chi connectivity index (χ0) is 21.8. The lowest BCUT2D eigenvalue weighted by Gasteiger charge is -2.12. The predicted molar refractivity (Wildman–Crippen MR) is 102 cm³/mol. The molecular formula is C17H18ClF3N4O3S. The molecule has 2 rings (SSSR count). The van der Waals surface area contributed by atoms with Crippen molar-refractivity contribution in [3.05, 3.63) is 52.7 Å². The molecule has 1 aromatic carbocycles. The van der Waals surface area contributed by atoms with Gasteiger partial charge in [0.25, 0.3) is 5.91 Å². The average molecular weight is 451 g/mol. The molecule has 1 heterocycles. The van der Waals surface area contributed by atoms with Gasteiger partial charge in [-0.2, -0.15) is 13.2 Å². The summed E-state index contributed by atoms with van der Waals surface area (Å²) in [5.41, 5.74) is -0.700. The smallest absolute Gasteiger partial charge is 0.367 e. The van der Waals surface area contributed by atoms with E-state index in [-0.39, 0.29) is 34.4 Å². The zero-order valence-electron chi connectivity index (χ0n) is 15.4. The second-order valence-corrected chi connectivity index (χ2v) is 8.61. The molecule has 0 unspecified atom stereocenters. The van der Waals surface area contributed by atoms with Crippen LogP contribution >= 0.6 is 11.6 Å². The van der Waals surface area contributed by atoms with Crippen LogP contribution in [0.5, 0.6) is 0 Å². The van der Waals surface area contributed by atoms with Crippen molar-refractivity contribution in [1.82, 2.24) is 14.6 Å². The fraction of sp³-hybridized carbons (Fsp3) is 0.294. The highest BCUT2D eigenvalue weighted by molar-refractivity contribution is 7.89. The molecule has 12 heteroatoms. The zero-order valence-corrected chi connectivity index (χ0v) is 17.0. The van der Waals surface area contributed by atoms with Gasteiger partial charge in [-0.15, -0.1) is 0 Å². The standard InChI is InChI=1S/C17H18ClF3N4O3S/c1-25(2)29(27,28)13-5-3-11(4-6-13)16(26)23-8-7-22-15-14(18)9-12(10-24-15)17(19,20)21/h3-6,9-10H,7-8H2,1-2H3,(H,22,24)(H,23,26). The molecule has 0 bridgehead atoms. The van der Waals surface area contributed by atoms with Crippen molar-refractivity contribution in [2.24, 2.45) is 0 Å². The molecule has 0 aliphatic heterocycles. The first-order valence-corrected chi connectivity index (χ1v) is 10.0. The van der Waals surface area contributed by atoms with Gasteiger partial charge in [0.2, 0.25) is 10.0 Å². The maximum atomic E-state index is 12.6. The number of alkyl halides is 3. The van der Waals surface area contributed by atoms with Gasteiger partial charge in [-0.1, -0.05) is 11.6 Å². The van der Waals surface area contributed by atoms with E-state index in [0.717, 1.165) is 10.4 Å². The van der Waals surface area contributed by atoms with E-state index in [4.69, 9.17) is 11.6 Å². The van der Waals surface area contributed by atoms with Gasteiger partial charge in [0, 0.05) is 38.9 Å². The van der Waals surface area contributed by atoms with Gasteiger partial charge in [0.1, 0.15) is 5.82 Å². The predicted octanol–water partition coefficient (Wildman–Crippen LogP) is 2.85. The lowest BCUT2D eigenvalue weighted by Crippen LogP contribution is -2.29. The van der Waals surface area contributed by atoms with Crippen LogP contribution in [0, 0.1) is 0 Å². The van der Waals surface area contributed by atoms with Gasteiger partial charge in [-0.3, -0.25) is 4.79 Å². The number of pyridine rings is 1. The lowest BCUT2D eigenvalue weighted by molar-refractivity contribution is -0.137. The van der Waals surface area contributed by atoms with Crippen molar-refractivity contribution in [1.29, 1.82) is 0 Å². The Bertz CT molecular complexity index is 980. The van der Waals surface area contributed by atoms with Crippen LogP contribution in [0.1, 0.15) is 15.9 Å². The van der Waals surface area contributed by atoms with Crippen molar-refractivity contribution in [3.63, 3.8) is 0 Å². The lowest BCUT2D eigenvalue weighted by atomic mass is 10.2. The normalized spacial score (nSPS) is 12.1. The molecular weight excluding hydrogens is 433 g/mol. The first-order chi connectivity index (χ1) is 13.4. The number of aromatic nitrogens is 1. The SMILES string of the molecule is CN(C)S(=O)(=O)c1ccc(C(=O)NCCNc2ncc(C(F)(F)F)cc2Cl)cc1. The van der Waals surface area contributed by atoms with Crippen LogP contribution < -0.4 is 10.6 Å². The third-order valence-corrected chi connectivity index (χ3v) is 5.88. The number of hydrogen-bond acceptors (Lipinski definition) is 5. The first-order valence-electron chi connectivity index (χ1n) is 8.20. The van der Waals surface area contributed by atoms with Crippen molar-refractivity contribution >= 4 is 33.3 Å². The molecule has 0 atom stereocenters. The quantitative estimate of drug-likeness (QED) is 0.633. The van der Waals surface area contributed by atoms with Gasteiger partial charge in [-0.05, 0) is 30.3 Å². The highest BCUT2D eigenvalue weighted by Crippen LogP contribution is 2.32. The summed E-state index contributed by atoms with van der Waals surface area (Å²) in [5, 5.41) is 5.13. The molecule has 0 saturated heterocycles. The van der Waals surface area contributed by atoms with Crippen molar-refractivity contribution in [3.8, 4) is 0 Å². The third kappa shape index (κ3) is 5.81. The molecule has 7 nitrogen and oxygen atoms in total. The molecule has 0 aliphatic rings. The molecule has 2 aromatic rings. The summed E-state index contributed by atoms with van der Waals surface area (Å²) < 4.78 is 62.8. The number of carbonyl (C=O) groups excluding carboxylic acids is 1. The van der Waals surface area contributed by atoms with Crippen LogP contribution in [0.3, 0.4) is 0 Å². The van der Waals surface area contributed by atoms with Crippen LogP contribution in [0.4, 0.5) is 19.0 Å². The molecule has 158 valence electrons. The van der Waals surface area contributed by atoms with E-state index in [1.807, 2.05) is 0 Å². The van der Waals surface area contributed by atoms with E-state index in [1.165, 1.54) is 38.4 Å². The Morgan fingerprint density at radius 2 is 1.79 bits per heavy atom. The number of carbonyl (C=O) groups is 1. The Hall–Kier alpha value is -2.37. The Morgan fingerprint density at radius 3 is 2.31 bits per heavy atom. The number of benzene rings is 1. The summed E-state index contributed by atoms with van der Waals surface area (Å²) in [6.45, 7) is 0.298. The van der Waals surface area contributed by atoms with Gasteiger partial charge < -0.3 is 10.6 Å². The molecule has 29 heavy (non-hydrogen) atoms. The second kappa shape index (κ2) is 8.97. The van der Waals surface area contributed by atoms with Gasteiger partial charge in [-0.25, -0.2) is 17.7 Å². The Labute approximate surface area is 170 Å². The summed E-state index contributed by atoms with van der Waals surface area (Å²) in [6, 6.07) is 6.18. The number of sulfonamides is 1. The fourth-order valence-electron chi connectivity index (χ4n) is 2.17. The van der Waals surface area contributed by atoms with E-state index in [1.54, 1.807) is 0 Å². The Balaban J connectivity index is 1.89. The number of amides is 1. The van der Waals surface area contributed by atoms with Crippen LogP contribution in [0.15, 0.2) is 41.4 Å². The van der Waals surface area contributed by atoms with E-state index in [9.17, 15) is 26.4 Å².